The van der Waals surface area contributed by atoms with E-state index in [-0.39, 0.29) is 5.82 Å². The molecule has 2 aromatic carbocycles. The van der Waals surface area contributed by atoms with Crippen LogP contribution in [-0.4, -0.2) is 13.2 Å². The Morgan fingerprint density at radius 1 is 1.10 bits per heavy atom. The van der Waals surface area contributed by atoms with Gasteiger partial charge in [-0.15, -0.1) is 0 Å². The quantitative estimate of drug-likeness (QED) is 0.890. The number of nitrogens with one attached hydrogen (secondary N) is 1. The average Bonchev–Trinajstić information content (AvgIpc) is 2.73. The number of fused-ring (bicyclic) bond motifs is 1. The highest BCUT2D eigenvalue weighted by Crippen LogP contribution is 2.32. The summed E-state index contributed by atoms with van der Waals surface area (Å²) in [5, 5.41) is 3.27. The Morgan fingerprint density at radius 2 is 1.90 bits per heavy atom. The minimum Gasteiger partial charge on any atom is -0.490 e. The van der Waals surface area contributed by atoms with Crippen molar-refractivity contribution in [1.29, 1.82) is 0 Å². The van der Waals surface area contributed by atoms with Gasteiger partial charge in [-0.2, -0.15) is 0 Å². The maximum absolute atomic E-state index is 13.5. The number of rotatable bonds is 3. The van der Waals surface area contributed by atoms with Crippen molar-refractivity contribution in [1.82, 2.24) is 0 Å². The molecule has 2 aromatic rings. The minimum atomic E-state index is -0.257. The molecule has 0 radical (unpaired) electrons. The lowest BCUT2D eigenvalue weighted by atomic mass is 10.2. The fraction of sp³-hybridized carbons (Fsp3) is 0.250. The first-order valence-electron chi connectivity index (χ1n) is 6.80. The summed E-state index contributed by atoms with van der Waals surface area (Å²) in [6.45, 7) is 1.86. The van der Waals surface area contributed by atoms with Crippen molar-refractivity contribution in [3.63, 3.8) is 0 Å². The highest BCUT2D eigenvalue weighted by Gasteiger charge is 2.11. The van der Waals surface area contributed by atoms with E-state index in [1.807, 2.05) is 24.3 Å². The summed E-state index contributed by atoms with van der Waals surface area (Å²) in [5.41, 5.74) is 1.78. The molecule has 1 aliphatic heterocycles. The van der Waals surface area contributed by atoms with Crippen molar-refractivity contribution in [3.8, 4) is 11.5 Å². The summed E-state index contributed by atoms with van der Waals surface area (Å²) in [4.78, 5) is 0. The summed E-state index contributed by atoms with van der Waals surface area (Å²) in [6, 6.07) is 10.7. The molecule has 0 atom stereocenters. The molecule has 0 spiro atoms. The van der Waals surface area contributed by atoms with Crippen LogP contribution in [0.4, 0.5) is 10.1 Å². The Hall–Kier alpha value is -1.75. The van der Waals surface area contributed by atoms with Crippen molar-refractivity contribution < 1.29 is 13.9 Å². The van der Waals surface area contributed by atoms with Gasteiger partial charge in [0.2, 0.25) is 0 Å². The molecule has 3 rings (SSSR count). The first kappa shape index (κ1) is 14.2. The zero-order chi connectivity index (χ0) is 14.7. The number of hydrogen-bond donors (Lipinski definition) is 1. The topological polar surface area (TPSA) is 30.5 Å². The summed E-state index contributed by atoms with van der Waals surface area (Å²) >= 11 is 3.26. The van der Waals surface area contributed by atoms with Crippen LogP contribution in [0.3, 0.4) is 0 Å². The molecule has 0 saturated carbocycles. The van der Waals surface area contributed by atoms with Gasteiger partial charge in [0, 0.05) is 24.7 Å². The third-order valence-corrected chi connectivity index (χ3v) is 4.15. The Balaban J connectivity index is 1.73. The van der Waals surface area contributed by atoms with Gasteiger partial charge in [0.1, 0.15) is 5.82 Å². The summed E-state index contributed by atoms with van der Waals surface area (Å²) in [6.07, 6.45) is 0.883. The highest BCUT2D eigenvalue weighted by atomic mass is 79.9. The first-order valence-corrected chi connectivity index (χ1v) is 7.60. The number of halogens is 2. The second-order valence-corrected chi connectivity index (χ2v) is 5.57. The predicted octanol–water partition coefficient (Wildman–Crippen LogP) is 4.36. The van der Waals surface area contributed by atoms with E-state index in [1.54, 1.807) is 6.07 Å². The van der Waals surface area contributed by atoms with Crippen LogP contribution >= 0.6 is 15.9 Å². The zero-order valence-corrected chi connectivity index (χ0v) is 13.0. The van der Waals surface area contributed by atoms with Crippen LogP contribution in [0.15, 0.2) is 40.9 Å². The molecule has 0 amide bonds. The predicted molar refractivity (Wildman–Crippen MR) is 83.5 cm³/mol. The molecular weight excluding hydrogens is 337 g/mol. The van der Waals surface area contributed by atoms with Crippen LogP contribution in [0.1, 0.15) is 12.0 Å². The fourth-order valence-electron chi connectivity index (χ4n) is 2.16. The van der Waals surface area contributed by atoms with Gasteiger partial charge in [0.05, 0.1) is 17.7 Å². The normalized spacial score (nSPS) is 13.6. The fourth-order valence-corrected chi connectivity index (χ4v) is 2.56. The lowest BCUT2D eigenvalue weighted by Gasteiger charge is -2.12. The molecule has 3 nitrogen and oxygen atoms in total. The second kappa shape index (κ2) is 6.35. The van der Waals surface area contributed by atoms with E-state index in [0.29, 0.717) is 24.2 Å². The number of ether oxygens (including phenoxy) is 2. The smallest absolute Gasteiger partial charge is 0.163 e. The largest absolute Gasteiger partial charge is 0.490 e. The monoisotopic (exact) mass is 351 g/mol. The molecule has 5 heteroatoms. The molecule has 110 valence electrons. The van der Waals surface area contributed by atoms with Gasteiger partial charge in [-0.3, -0.25) is 0 Å². The molecule has 0 unspecified atom stereocenters. The van der Waals surface area contributed by atoms with Gasteiger partial charge in [-0.25, -0.2) is 4.39 Å². The van der Waals surface area contributed by atoms with E-state index < -0.39 is 0 Å². The van der Waals surface area contributed by atoms with Crippen LogP contribution in [-0.2, 0) is 6.54 Å². The standard InChI is InChI=1S/C16H15BrFNO2/c17-16-11(3-1-4-13(16)18)10-19-12-5-6-14-15(9-12)21-8-2-7-20-14/h1,3-6,9,19H,2,7-8,10H2. The van der Waals surface area contributed by atoms with E-state index in [4.69, 9.17) is 9.47 Å². The molecule has 0 saturated heterocycles. The Morgan fingerprint density at radius 3 is 2.76 bits per heavy atom. The van der Waals surface area contributed by atoms with Gasteiger partial charge in [-0.1, -0.05) is 12.1 Å². The number of anilines is 1. The van der Waals surface area contributed by atoms with E-state index in [2.05, 4.69) is 21.2 Å². The molecule has 0 aromatic heterocycles. The van der Waals surface area contributed by atoms with Crippen LogP contribution in [0, 0.1) is 5.82 Å². The van der Waals surface area contributed by atoms with Crippen molar-refractivity contribution >= 4 is 21.6 Å². The first-order chi connectivity index (χ1) is 10.2. The van der Waals surface area contributed by atoms with Crippen molar-refractivity contribution in [2.75, 3.05) is 18.5 Å². The van der Waals surface area contributed by atoms with Gasteiger partial charge >= 0.3 is 0 Å². The second-order valence-electron chi connectivity index (χ2n) is 4.78. The van der Waals surface area contributed by atoms with Crippen molar-refractivity contribution in [2.45, 2.75) is 13.0 Å². The molecule has 1 aliphatic rings. The third kappa shape index (κ3) is 3.29. The summed E-state index contributed by atoms with van der Waals surface area (Å²) in [5.74, 6) is 1.26. The van der Waals surface area contributed by atoms with Gasteiger partial charge in [0.25, 0.3) is 0 Å². The average molecular weight is 352 g/mol. The Kier molecular flexibility index (Phi) is 4.29. The van der Waals surface area contributed by atoms with Crippen LogP contribution in [0.5, 0.6) is 11.5 Å². The lowest BCUT2D eigenvalue weighted by Crippen LogP contribution is -2.02. The molecule has 1 heterocycles. The van der Waals surface area contributed by atoms with E-state index in [9.17, 15) is 4.39 Å². The van der Waals surface area contributed by atoms with Crippen molar-refractivity contribution in [3.05, 3.63) is 52.3 Å². The molecule has 1 N–H and O–H groups in total. The summed E-state index contributed by atoms with van der Waals surface area (Å²) in [7, 11) is 0. The van der Waals surface area contributed by atoms with E-state index >= 15 is 0 Å². The zero-order valence-electron chi connectivity index (χ0n) is 11.4. The minimum absolute atomic E-state index is 0.257. The Bertz CT molecular complexity index is 648. The van der Waals surface area contributed by atoms with Crippen molar-refractivity contribution in [2.24, 2.45) is 0 Å². The maximum atomic E-state index is 13.5. The number of hydrogen-bond acceptors (Lipinski definition) is 3. The van der Waals surface area contributed by atoms with Crippen LogP contribution in [0.25, 0.3) is 0 Å². The Labute approximate surface area is 131 Å². The summed E-state index contributed by atoms with van der Waals surface area (Å²) < 4.78 is 25.2. The maximum Gasteiger partial charge on any atom is 0.163 e. The molecule has 0 fully saturated rings. The van der Waals surface area contributed by atoms with Crippen LogP contribution < -0.4 is 14.8 Å². The van der Waals surface area contributed by atoms with Gasteiger partial charge < -0.3 is 14.8 Å². The van der Waals surface area contributed by atoms with Gasteiger partial charge in [0.15, 0.2) is 11.5 Å². The van der Waals surface area contributed by atoms with E-state index in [0.717, 1.165) is 29.2 Å². The molecule has 0 aliphatic carbocycles. The third-order valence-electron chi connectivity index (χ3n) is 3.26. The number of benzene rings is 2. The van der Waals surface area contributed by atoms with E-state index in [1.165, 1.54) is 6.07 Å². The van der Waals surface area contributed by atoms with Gasteiger partial charge in [-0.05, 0) is 39.7 Å². The lowest BCUT2D eigenvalue weighted by molar-refractivity contribution is 0.297. The van der Waals surface area contributed by atoms with Crippen LogP contribution in [0.2, 0.25) is 0 Å². The SMILES string of the molecule is Fc1cccc(CNc2ccc3c(c2)OCCCO3)c1Br. The highest BCUT2D eigenvalue weighted by molar-refractivity contribution is 9.10. The molecule has 21 heavy (non-hydrogen) atoms. The molecular formula is C16H15BrFNO2. The molecule has 0 bridgehead atoms.